The van der Waals surface area contributed by atoms with Crippen molar-refractivity contribution in [3.05, 3.63) is 213 Å². The van der Waals surface area contributed by atoms with Gasteiger partial charge in [-0.3, -0.25) is 0 Å². The molecule has 0 fully saturated rings. The summed E-state index contributed by atoms with van der Waals surface area (Å²) in [6, 6.07) is 56.7. The van der Waals surface area contributed by atoms with Gasteiger partial charge in [-0.1, -0.05) is 185 Å². The molecule has 4 atom stereocenters. The number of hydrogen-bond donors (Lipinski definition) is 0. The molecule has 46 heavy (non-hydrogen) atoms. The molecule has 232 valence electrons. The smallest absolute Gasteiger partial charge is 0.00637 e. The molecule has 0 aliphatic heterocycles. The van der Waals surface area contributed by atoms with Crippen LogP contribution in [-0.4, -0.2) is 0 Å². The van der Waals surface area contributed by atoms with Crippen molar-refractivity contribution in [2.75, 3.05) is 0 Å². The first-order valence-corrected chi connectivity index (χ1v) is 16.7. The highest BCUT2D eigenvalue weighted by Crippen LogP contribution is 2.34. The summed E-state index contributed by atoms with van der Waals surface area (Å²) in [5.74, 6) is 1.66. The van der Waals surface area contributed by atoms with Crippen molar-refractivity contribution in [3.63, 3.8) is 0 Å². The maximum atomic E-state index is 2.39. The fraction of sp³-hybridized carbons (Fsp3) is 0.217. The summed E-state index contributed by atoms with van der Waals surface area (Å²) in [4.78, 5) is 0. The minimum Gasteiger partial charge on any atom is -0.0622 e. The van der Waals surface area contributed by atoms with E-state index in [2.05, 4.69) is 199 Å². The molecule has 0 aliphatic rings. The minimum atomic E-state index is 0.415. The first kappa shape index (κ1) is 32.7. The van der Waals surface area contributed by atoms with Crippen LogP contribution >= 0.6 is 0 Å². The van der Waals surface area contributed by atoms with E-state index >= 15 is 0 Å². The maximum Gasteiger partial charge on any atom is 0.00637 e. The predicted molar refractivity (Wildman–Crippen MR) is 198 cm³/mol. The molecule has 0 aliphatic carbocycles. The highest BCUT2D eigenvalue weighted by atomic mass is 14.2. The summed E-state index contributed by atoms with van der Waals surface area (Å²) in [5.41, 5.74) is 13.9. The number of benzene rings is 6. The van der Waals surface area contributed by atoms with Gasteiger partial charge in [0.05, 0.1) is 0 Å². The molecule has 0 N–H and O–H groups in total. The van der Waals surface area contributed by atoms with E-state index in [1.165, 1.54) is 55.6 Å². The summed E-state index contributed by atoms with van der Waals surface area (Å²) < 4.78 is 0. The summed E-state index contributed by atoms with van der Waals surface area (Å²) in [6.45, 7) is 13.7. The summed E-state index contributed by atoms with van der Waals surface area (Å²) in [7, 11) is 0. The van der Waals surface area contributed by atoms with Crippen LogP contribution in [0.15, 0.2) is 158 Å². The van der Waals surface area contributed by atoms with Gasteiger partial charge in [-0.05, 0) is 69.5 Å². The van der Waals surface area contributed by atoms with E-state index in [0.717, 1.165) is 0 Å². The molecule has 6 aromatic carbocycles. The van der Waals surface area contributed by atoms with E-state index in [4.69, 9.17) is 0 Å². The molecular formula is C46H48. The standard InChI is InChI=1S/2C23H24/c1-17(20-11-6-4-7-12-20)22-15-10-16-23(19(22)3)18(2)21-13-8-5-9-14-21;1-17-14-15-22(18(2)20-10-6-4-7-11-20)16-23(17)19(3)21-12-8-5-9-13-21/h4-18H,1-3H3;4-16,18-19H,1-3H3. The third kappa shape index (κ3) is 7.75. The highest BCUT2D eigenvalue weighted by molar-refractivity contribution is 5.46. The number of aryl methyl sites for hydroxylation is 1. The van der Waals surface area contributed by atoms with Crippen LogP contribution in [0.5, 0.6) is 0 Å². The van der Waals surface area contributed by atoms with E-state index in [1.54, 1.807) is 0 Å². The Kier molecular flexibility index (Phi) is 11.1. The van der Waals surface area contributed by atoms with E-state index in [1.807, 2.05) is 0 Å². The van der Waals surface area contributed by atoms with Gasteiger partial charge >= 0.3 is 0 Å². The summed E-state index contributed by atoms with van der Waals surface area (Å²) in [6.07, 6.45) is 0. The number of rotatable bonds is 8. The van der Waals surface area contributed by atoms with Gasteiger partial charge in [0.25, 0.3) is 0 Å². The van der Waals surface area contributed by atoms with Crippen LogP contribution in [0.2, 0.25) is 0 Å². The Bertz CT molecular complexity index is 1660. The molecule has 0 heterocycles. The molecule has 0 radical (unpaired) electrons. The van der Waals surface area contributed by atoms with Crippen molar-refractivity contribution in [1.29, 1.82) is 0 Å². The molecule has 4 unspecified atom stereocenters. The van der Waals surface area contributed by atoms with Crippen molar-refractivity contribution in [3.8, 4) is 0 Å². The zero-order chi connectivity index (χ0) is 32.5. The van der Waals surface area contributed by atoms with Crippen molar-refractivity contribution >= 4 is 0 Å². The average molecular weight is 601 g/mol. The van der Waals surface area contributed by atoms with Gasteiger partial charge in [0.2, 0.25) is 0 Å². The molecule has 6 aromatic rings. The molecule has 0 nitrogen and oxygen atoms in total. The predicted octanol–water partition coefficient (Wildman–Crippen LogP) is 12.6. The van der Waals surface area contributed by atoms with Crippen molar-refractivity contribution < 1.29 is 0 Å². The van der Waals surface area contributed by atoms with Crippen molar-refractivity contribution in [1.82, 2.24) is 0 Å². The van der Waals surface area contributed by atoms with E-state index in [0.29, 0.717) is 23.7 Å². The second-order valence-corrected chi connectivity index (χ2v) is 12.7. The van der Waals surface area contributed by atoms with Crippen LogP contribution in [0.25, 0.3) is 0 Å². The lowest BCUT2D eigenvalue weighted by atomic mass is 9.83. The highest BCUT2D eigenvalue weighted by Gasteiger charge is 2.17. The fourth-order valence-electron chi connectivity index (χ4n) is 6.70. The van der Waals surface area contributed by atoms with Crippen LogP contribution < -0.4 is 0 Å². The van der Waals surface area contributed by atoms with Crippen LogP contribution in [0, 0.1) is 13.8 Å². The average Bonchev–Trinajstić information content (AvgIpc) is 3.12. The second-order valence-electron chi connectivity index (χ2n) is 12.7. The summed E-state index contributed by atoms with van der Waals surface area (Å²) in [5, 5.41) is 0. The first-order valence-electron chi connectivity index (χ1n) is 16.7. The second kappa shape index (κ2) is 15.5. The van der Waals surface area contributed by atoms with Crippen molar-refractivity contribution in [2.24, 2.45) is 0 Å². The maximum absolute atomic E-state index is 2.39. The molecule has 0 aromatic heterocycles. The lowest BCUT2D eigenvalue weighted by Crippen LogP contribution is -2.04. The topological polar surface area (TPSA) is 0 Å². The van der Waals surface area contributed by atoms with Gasteiger partial charge in [-0.25, -0.2) is 0 Å². The zero-order valence-electron chi connectivity index (χ0n) is 28.3. The molecular weight excluding hydrogens is 553 g/mol. The van der Waals surface area contributed by atoms with Crippen LogP contribution in [0.4, 0.5) is 0 Å². The van der Waals surface area contributed by atoms with Gasteiger partial charge in [0, 0.05) is 23.7 Å². The third-order valence-electron chi connectivity index (χ3n) is 9.82. The number of hydrogen-bond acceptors (Lipinski definition) is 0. The molecule has 0 spiro atoms. The summed E-state index contributed by atoms with van der Waals surface area (Å²) >= 11 is 0. The van der Waals surface area contributed by atoms with Gasteiger partial charge in [-0.2, -0.15) is 0 Å². The fourth-order valence-corrected chi connectivity index (χ4v) is 6.70. The van der Waals surface area contributed by atoms with Crippen LogP contribution in [0.1, 0.15) is 107 Å². The largest absolute Gasteiger partial charge is 0.0622 e. The van der Waals surface area contributed by atoms with E-state index in [-0.39, 0.29) is 0 Å². The van der Waals surface area contributed by atoms with E-state index < -0.39 is 0 Å². The lowest BCUT2D eigenvalue weighted by Gasteiger charge is -2.21. The normalized spacial score (nSPS) is 13.5. The monoisotopic (exact) mass is 600 g/mol. The minimum absolute atomic E-state index is 0.415. The van der Waals surface area contributed by atoms with Crippen LogP contribution in [0.3, 0.4) is 0 Å². The van der Waals surface area contributed by atoms with E-state index in [9.17, 15) is 0 Å². The molecule has 0 saturated carbocycles. The molecule has 6 rings (SSSR count). The van der Waals surface area contributed by atoms with Gasteiger partial charge in [0.1, 0.15) is 0 Å². The third-order valence-corrected chi connectivity index (χ3v) is 9.82. The zero-order valence-corrected chi connectivity index (χ0v) is 28.3. The van der Waals surface area contributed by atoms with Gasteiger partial charge in [0.15, 0.2) is 0 Å². The van der Waals surface area contributed by atoms with Gasteiger partial charge in [-0.15, -0.1) is 0 Å². The van der Waals surface area contributed by atoms with Gasteiger partial charge < -0.3 is 0 Å². The molecule has 0 bridgehead atoms. The lowest BCUT2D eigenvalue weighted by molar-refractivity contribution is 0.867. The first-order chi connectivity index (χ1) is 22.3. The Morgan fingerprint density at radius 3 is 1.04 bits per heavy atom. The SMILES string of the molecule is Cc1c(C(C)c2ccccc2)cccc1C(C)c1ccccc1.Cc1ccc(C(C)c2ccccc2)cc1C(C)c1ccccc1. The van der Waals surface area contributed by atoms with Crippen LogP contribution in [-0.2, 0) is 0 Å². The Balaban J connectivity index is 0.000000181. The Morgan fingerprint density at radius 2 is 0.652 bits per heavy atom. The van der Waals surface area contributed by atoms with Crippen molar-refractivity contribution in [2.45, 2.75) is 65.2 Å². The molecule has 0 saturated heterocycles. The quantitative estimate of drug-likeness (QED) is 0.163. The Morgan fingerprint density at radius 1 is 0.304 bits per heavy atom. The Labute approximate surface area is 277 Å². The Hall–Kier alpha value is -4.68. The molecule has 0 heteroatoms. The molecule has 0 amide bonds.